The van der Waals surface area contributed by atoms with E-state index in [0.29, 0.717) is 16.9 Å². The van der Waals surface area contributed by atoms with E-state index in [0.717, 1.165) is 0 Å². The van der Waals surface area contributed by atoms with Gasteiger partial charge in [-0.15, -0.1) is 0 Å². The van der Waals surface area contributed by atoms with E-state index < -0.39 is 64.4 Å². The molecule has 0 fully saturated rings. The van der Waals surface area contributed by atoms with Crippen molar-refractivity contribution >= 4 is 29.1 Å². The number of urea groups is 1. The van der Waals surface area contributed by atoms with E-state index in [2.05, 4.69) is 10.6 Å². The van der Waals surface area contributed by atoms with Gasteiger partial charge in [-0.3, -0.25) is 9.59 Å². The second-order valence-electron chi connectivity index (χ2n) is 10.6. The number of aliphatic hydroxyl groups excluding tert-OH is 2. The lowest BCUT2D eigenvalue weighted by molar-refractivity contribution is -0.196. The third-order valence-electron chi connectivity index (χ3n) is 7.98. The molecule has 0 aromatic heterocycles. The maximum Gasteiger partial charge on any atom is 0.319 e. The Kier molecular flexibility index (Phi) is 6.47. The molecule has 40 heavy (non-hydrogen) atoms. The van der Waals surface area contributed by atoms with Crippen LogP contribution >= 0.6 is 0 Å². The molecule has 4 atom stereocenters. The molecule has 3 aliphatic rings. The maximum atomic E-state index is 13.7. The number of amides is 3. The van der Waals surface area contributed by atoms with Gasteiger partial charge in [-0.05, 0) is 48.6 Å². The number of carbonyl (C=O) groups is 3. The summed E-state index contributed by atoms with van der Waals surface area (Å²) in [5, 5.41) is 60.4. The topological polar surface area (TPSA) is 206 Å². The fourth-order valence-corrected chi connectivity index (χ4v) is 6.37. The number of primary amides is 1. The van der Waals surface area contributed by atoms with Gasteiger partial charge in [-0.1, -0.05) is 18.2 Å². The number of Topliss-reactive ketones (excluding diaryl/α,β-unsaturated/α-hetero) is 1. The van der Waals surface area contributed by atoms with Crippen molar-refractivity contribution in [3.8, 4) is 5.75 Å². The SMILES string of the molecule is CN(C)c1ccc(O)c2c1CC1CC3C(NC(=O)Nc4ccccc4)C(O)=C(C(N)=O)C(O)(O)C3C(O)=C1C2=O. The average molecular weight is 551 g/mol. The highest BCUT2D eigenvalue weighted by atomic mass is 16.5. The second kappa shape index (κ2) is 9.57. The number of nitrogens with zero attached hydrogens (tertiary/aromatic N) is 1. The van der Waals surface area contributed by atoms with E-state index in [4.69, 9.17) is 5.73 Å². The largest absolute Gasteiger partial charge is 0.511 e. The van der Waals surface area contributed by atoms with Crippen LogP contribution in [0.2, 0.25) is 0 Å². The zero-order valence-electron chi connectivity index (χ0n) is 21.8. The highest BCUT2D eigenvalue weighted by molar-refractivity contribution is 6.14. The van der Waals surface area contributed by atoms with E-state index in [1.165, 1.54) is 6.07 Å². The second-order valence-corrected chi connectivity index (χ2v) is 10.6. The van der Waals surface area contributed by atoms with Crippen LogP contribution in [0.1, 0.15) is 22.3 Å². The van der Waals surface area contributed by atoms with Crippen molar-refractivity contribution in [1.29, 1.82) is 0 Å². The lowest BCUT2D eigenvalue weighted by Gasteiger charge is -2.49. The number of nitrogens with two attached hydrogens (primary N) is 1. The highest BCUT2D eigenvalue weighted by Gasteiger charge is 2.60. The summed E-state index contributed by atoms with van der Waals surface area (Å²) in [5.41, 5.74) is 5.91. The Balaban J connectivity index is 1.61. The summed E-state index contributed by atoms with van der Waals surface area (Å²) in [5.74, 6) is -10.5. The molecule has 0 aliphatic heterocycles. The first kappa shape index (κ1) is 27.0. The van der Waals surface area contributed by atoms with Crippen LogP contribution in [0.25, 0.3) is 0 Å². The molecule has 12 heteroatoms. The molecular weight excluding hydrogens is 520 g/mol. The molecule has 3 amide bonds. The Morgan fingerprint density at radius 1 is 1.02 bits per heavy atom. The van der Waals surface area contributed by atoms with Gasteiger partial charge in [0, 0.05) is 37.0 Å². The number of ketones is 1. The summed E-state index contributed by atoms with van der Waals surface area (Å²) in [6, 6.07) is 9.30. The number of carbonyl (C=O) groups excluding carboxylic acids is 3. The van der Waals surface area contributed by atoms with E-state index in [9.17, 15) is 39.9 Å². The number of aromatic hydroxyl groups is 1. The number of nitrogens with one attached hydrogen (secondary N) is 2. The number of allylic oxidation sites excluding steroid dienone is 1. The molecule has 5 rings (SSSR count). The molecule has 0 radical (unpaired) electrons. The molecule has 0 spiro atoms. The zero-order valence-corrected chi connectivity index (χ0v) is 21.8. The first-order chi connectivity index (χ1) is 18.8. The van der Waals surface area contributed by atoms with Crippen molar-refractivity contribution in [3.05, 3.63) is 76.3 Å². The number of para-hydroxylation sites is 1. The lowest BCUT2D eigenvalue weighted by atomic mass is 9.59. The molecule has 12 nitrogen and oxygen atoms in total. The minimum atomic E-state index is -3.16. The fraction of sp³-hybridized carbons (Fsp3) is 0.321. The van der Waals surface area contributed by atoms with Gasteiger partial charge in [0.05, 0.1) is 17.5 Å². The number of hydrogen-bond acceptors (Lipinski definition) is 9. The molecule has 2 aromatic rings. The predicted molar refractivity (Wildman–Crippen MR) is 144 cm³/mol. The first-order valence-electron chi connectivity index (χ1n) is 12.6. The molecule has 4 unspecified atom stereocenters. The van der Waals surface area contributed by atoms with Gasteiger partial charge in [0.2, 0.25) is 5.79 Å². The van der Waals surface area contributed by atoms with Gasteiger partial charge in [0.15, 0.2) is 5.78 Å². The van der Waals surface area contributed by atoms with Crippen molar-refractivity contribution in [2.24, 2.45) is 23.5 Å². The van der Waals surface area contributed by atoms with Gasteiger partial charge >= 0.3 is 6.03 Å². The molecule has 9 N–H and O–H groups in total. The quantitative estimate of drug-likeness (QED) is 0.259. The number of rotatable bonds is 4. The van der Waals surface area contributed by atoms with Crippen LogP contribution in [-0.4, -0.2) is 69.2 Å². The average Bonchev–Trinajstić information content (AvgIpc) is 2.86. The smallest absolute Gasteiger partial charge is 0.319 e. The van der Waals surface area contributed by atoms with Gasteiger partial charge in [0.25, 0.3) is 5.91 Å². The van der Waals surface area contributed by atoms with Crippen LogP contribution in [0.15, 0.2) is 65.1 Å². The molecule has 0 heterocycles. The Morgan fingerprint density at radius 3 is 2.33 bits per heavy atom. The van der Waals surface area contributed by atoms with Crippen molar-refractivity contribution in [3.63, 3.8) is 0 Å². The van der Waals surface area contributed by atoms with Crippen LogP contribution in [0.4, 0.5) is 16.2 Å². The number of anilines is 2. The molecule has 210 valence electrons. The number of benzene rings is 2. The van der Waals surface area contributed by atoms with Crippen LogP contribution in [0, 0.1) is 17.8 Å². The van der Waals surface area contributed by atoms with E-state index in [-0.39, 0.29) is 29.7 Å². The van der Waals surface area contributed by atoms with Gasteiger partial charge in [0.1, 0.15) is 22.8 Å². The van der Waals surface area contributed by atoms with Crippen molar-refractivity contribution < 1.29 is 39.9 Å². The minimum absolute atomic E-state index is 0.00696. The van der Waals surface area contributed by atoms with Crippen molar-refractivity contribution in [2.75, 3.05) is 24.3 Å². The van der Waals surface area contributed by atoms with Crippen molar-refractivity contribution in [2.45, 2.75) is 24.7 Å². The van der Waals surface area contributed by atoms with Gasteiger partial charge < -0.3 is 46.8 Å². The number of hydrogen-bond donors (Lipinski definition) is 8. The third-order valence-corrected chi connectivity index (χ3v) is 7.98. The van der Waals surface area contributed by atoms with Gasteiger partial charge in [-0.2, -0.15) is 0 Å². The van der Waals surface area contributed by atoms with E-state index in [1.807, 2.05) is 0 Å². The van der Waals surface area contributed by atoms with E-state index in [1.54, 1.807) is 55.4 Å². The number of aliphatic hydroxyl groups is 4. The number of phenols is 1. The normalized spacial score (nSPS) is 24.9. The van der Waals surface area contributed by atoms with Gasteiger partial charge in [-0.25, -0.2) is 4.79 Å². The summed E-state index contributed by atoms with van der Waals surface area (Å²) in [6.07, 6.45) is 0.207. The zero-order chi connectivity index (χ0) is 29.1. The Labute approximate surface area is 229 Å². The minimum Gasteiger partial charge on any atom is -0.511 e. The summed E-state index contributed by atoms with van der Waals surface area (Å²) in [4.78, 5) is 40.7. The van der Waals surface area contributed by atoms with Crippen LogP contribution in [-0.2, 0) is 11.2 Å². The Hall–Kier alpha value is -4.55. The molecule has 0 saturated carbocycles. The highest BCUT2D eigenvalue weighted by Crippen LogP contribution is 2.53. The molecule has 3 aliphatic carbocycles. The summed E-state index contributed by atoms with van der Waals surface area (Å²) < 4.78 is 0. The standard InChI is InChI=1S/C28H30N4O8/c1-32(2)16-8-9-17(33)19-14(16)10-12-11-15-20(24(35)18(12)23(19)34)28(39,40)21(26(29)37)25(36)22(15)31-27(38)30-13-6-4-3-5-7-13/h3-9,12,15,20,22,33,35-36,39-40H,10-11H2,1-2H3,(H2,29,37)(H2,30,31,38). The number of fused-ring (bicyclic) bond motifs is 3. The molecular formula is C28H30N4O8. The number of phenolic OH excluding ortho intramolecular Hbond substituents is 1. The fourth-order valence-electron chi connectivity index (χ4n) is 6.37. The summed E-state index contributed by atoms with van der Waals surface area (Å²) in [6.45, 7) is 0. The molecule has 2 aromatic carbocycles. The predicted octanol–water partition coefficient (Wildman–Crippen LogP) is 1.44. The van der Waals surface area contributed by atoms with E-state index >= 15 is 0 Å². The third kappa shape index (κ3) is 4.12. The monoisotopic (exact) mass is 550 g/mol. The van der Waals surface area contributed by atoms with Crippen LogP contribution < -0.4 is 21.3 Å². The summed E-state index contributed by atoms with van der Waals surface area (Å²) >= 11 is 0. The Morgan fingerprint density at radius 2 is 1.70 bits per heavy atom. The van der Waals surface area contributed by atoms with Crippen molar-refractivity contribution in [1.82, 2.24) is 5.32 Å². The molecule has 0 saturated heterocycles. The maximum absolute atomic E-state index is 13.7. The summed E-state index contributed by atoms with van der Waals surface area (Å²) in [7, 11) is 3.56. The van der Waals surface area contributed by atoms with Crippen LogP contribution in [0.3, 0.4) is 0 Å². The Bertz CT molecular complexity index is 1480. The first-order valence-corrected chi connectivity index (χ1v) is 12.6. The molecule has 0 bridgehead atoms. The van der Waals surface area contributed by atoms with Crippen LogP contribution in [0.5, 0.6) is 5.75 Å². The lowest BCUT2D eigenvalue weighted by Crippen LogP contribution is -2.61.